The lowest BCUT2D eigenvalue weighted by Crippen LogP contribution is -2.17. The second-order valence-corrected chi connectivity index (χ2v) is 4.16. The highest BCUT2D eigenvalue weighted by molar-refractivity contribution is 5.50. The summed E-state index contributed by atoms with van der Waals surface area (Å²) < 4.78 is 5.61. The summed E-state index contributed by atoms with van der Waals surface area (Å²) in [4.78, 5) is 8.47. The van der Waals surface area contributed by atoms with Crippen molar-refractivity contribution in [3.63, 3.8) is 0 Å². The predicted octanol–water partition coefficient (Wildman–Crippen LogP) is 1.97. The van der Waals surface area contributed by atoms with Gasteiger partial charge in [-0.1, -0.05) is 13.8 Å². The van der Waals surface area contributed by atoms with E-state index >= 15 is 0 Å². The molecule has 1 aromatic heterocycles. The van der Waals surface area contributed by atoms with Crippen LogP contribution in [-0.2, 0) is 4.74 Å². The fourth-order valence-corrected chi connectivity index (χ4v) is 1.63. The average Bonchev–Trinajstić information content (AvgIpc) is 2.24. The summed E-state index contributed by atoms with van der Waals surface area (Å²) in [5.41, 5.74) is 6.68. The molecule has 0 aromatic carbocycles. The second kappa shape index (κ2) is 5.60. The lowest BCUT2D eigenvalue weighted by atomic mass is 10.1. The largest absolute Gasteiger partial charge is 0.382 e. The molecule has 1 heterocycles. The molecule has 0 radical (unpaired) electrons. The van der Waals surface area contributed by atoms with Crippen LogP contribution >= 0.6 is 0 Å². The number of nitriles is 1. The fraction of sp³-hybridized carbons (Fsp3) is 0.583. The number of aromatic nitrogens is 2. The van der Waals surface area contributed by atoms with E-state index in [4.69, 9.17) is 15.7 Å². The number of rotatable bonds is 4. The minimum absolute atomic E-state index is 0.186. The molecule has 0 aliphatic carbocycles. The van der Waals surface area contributed by atoms with Crippen molar-refractivity contribution in [3.8, 4) is 6.07 Å². The number of ether oxygens (including phenoxy) is 1. The summed E-state index contributed by atoms with van der Waals surface area (Å²) in [5.74, 6) is 1.03. The quantitative estimate of drug-likeness (QED) is 0.860. The number of nitrogens with zero attached hydrogens (tertiary/aromatic N) is 3. The zero-order valence-corrected chi connectivity index (χ0v) is 10.7. The minimum atomic E-state index is -0.186. The van der Waals surface area contributed by atoms with Gasteiger partial charge in [-0.3, -0.25) is 0 Å². The molecule has 0 amide bonds. The van der Waals surface area contributed by atoms with E-state index in [0.717, 1.165) is 0 Å². The van der Waals surface area contributed by atoms with Gasteiger partial charge in [0, 0.05) is 6.61 Å². The van der Waals surface area contributed by atoms with Crippen molar-refractivity contribution in [1.29, 1.82) is 5.26 Å². The van der Waals surface area contributed by atoms with E-state index < -0.39 is 0 Å². The van der Waals surface area contributed by atoms with E-state index in [1.165, 1.54) is 0 Å². The Morgan fingerprint density at radius 1 is 1.41 bits per heavy atom. The molecule has 5 nitrogen and oxygen atoms in total. The Kier molecular flexibility index (Phi) is 4.41. The van der Waals surface area contributed by atoms with Crippen LogP contribution in [0.1, 0.15) is 44.0 Å². The Hall–Kier alpha value is -1.67. The first kappa shape index (κ1) is 13.4. The van der Waals surface area contributed by atoms with Crippen molar-refractivity contribution in [2.45, 2.75) is 33.8 Å². The maximum atomic E-state index is 8.90. The van der Waals surface area contributed by atoms with E-state index in [1.54, 1.807) is 6.92 Å². The minimum Gasteiger partial charge on any atom is -0.382 e. The van der Waals surface area contributed by atoms with Gasteiger partial charge >= 0.3 is 0 Å². The first-order valence-corrected chi connectivity index (χ1v) is 5.66. The molecular formula is C12H18N4O. The van der Waals surface area contributed by atoms with Crippen LogP contribution in [0.25, 0.3) is 0 Å². The highest BCUT2D eigenvalue weighted by atomic mass is 16.5. The molecule has 0 aliphatic rings. The number of hydrogen-bond donors (Lipinski definition) is 1. The van der Waals surface area contributed by atoms with Gasteiger partial charge in [-0.2, -0.15) is 5.26 Å². The Morgan fingerprint density at radius 3 is 2.47 bits per heavy atom. The lowest BCUT2D eigenvalue weighted by molar-refractivity contribution is 0.0232. The van der Waals surface area contributed by atoms with Crippen LogP contribution in [0.3, 0.4) is 0 Å². The Bertz CT molecular complexity index is 414. The summed E-state index contributed by atoms with van der Waals surface area (Å²) in [5, 5.41) is 8.90. The molecule has 0 saturated heterocycles. The van der Waals surface area contributed by atoms with Gasteiger partial charge in [0.15, 0.2) is 5.82 Å². The molecule has 0 bridgehead atoms. The molecular weight excluding hydrogens is 216 g/mol. The first-order chi connectivity index (χ1) is 8.01. The molecule has 0 saturated carbocycles. The van der Waals surface area contributed by atoms with Gasteiger partial charge in [0.25, 0.3) is 0 Å². The zero-order valence-electron chi connectivity index (χ0n) is 10.7. The van der Waals surface area contributed by atoms with Crippen LogP contribution in [0.4, 0.5) is 5.82 Å². The maximum absolute atomic E-state index is 8.90. The lowest BCUT2D eigenvalue weighted by Gasteiger charge is -2.20. The molecule has 1 unspecified atom stereocenters. The van der Waals surface area contributed by atoms with Crippen LogP contribution in [0.2, 0.25) is 0 Å². The van der Waals surface area contributed by atoms with Gasteiger partial charge in [0.2, 0.25) is 0 Å². The van der Waals surface area contributed by atoms with E-state index in [2.05, 4.69) is 9.97 Å². The van der Waals surface area contributed by atoms with Crippen molar-refractivity contribution in [2.24, 2.45) is 5.92 Å². The molecule has 2 N–H and O–H groups in total. The number of anilines is 1. The highest BCUT2D eigenvalue weighted by Gasteiger charge is 2.21. The van der Waals surface area contributed by atoms with Crippen LogP contribution in [0, 0.1) is 24.2 Å². The third-order valence-electron chi connectivity index (χ3n) is 2.45. The third-order valence-corrected chi connectivity index (χ3v) is 2.45. The fourth-order valence-electron chi connectivity index (χ4n) is 1.63. The number of aryl methyl sites for hydroxylation is 1. The normalized spacial score (nSPS) is 12.5. The van der Waals surface area contributed by atoms with Gasteiger partial charge in [0.1, 0.15) is 23.6 Å². The SMILES string of the molecule is CCOC(c1nc(C)c(C#N)c(N)n1)C(C)C. The Labute approximate surface area is 102 Å². The standard InChI is InChI=1S/C12H18N4O/c1-5-17-10(7(2)3)12-15-8(4)9(6-13)11(14)16-12/h7,10H,5H2,1-4H3,(H2,14,15,16). The van der Waals surface area contributed by atoms with Crippen LogP contribution in [0.15, 0.2) is 0 Å². The summed E-state index contributed by atoms with van der Waals surface area (Å²) in [6.45, 7) is 8.34. The Balaban J connectivity index is 3.18. The first-order valence-electron chi connectivity index (χ1n) is 5.66. The topological polar surface area (TPSA) is 84.8 Å². The van der Waals surface area contributed by atoms with Crippen molar-refractivity contribution in [1.82, 2.24) is 9.97 Å². The van der Waals surface area contributed by atoms with Crippen molar-refractivity contribution in [2.75, 3.05) is 12.3 Å². The van der Waals surface area contributed by atoms with E-state index in [-0.39, 0.29) is 17.8 Å². The van der Waals surface area contributed by atoms with Crippen molar-refractivity contribution >= 4 is 5.82 Å². The molecule has 1 rings (SSSR count). The summed E-state index contributed by atoms with van der Waals surface area (Å²) in [7, 11) is 0. The molecule has 92 valence electrons. The van der Waals surface area contributed by atoms with Gasteiger partial charge in [-0.25, -0.2) is 9.97 Å². The zero-order chi connectivity index (χ0) is 13.0. The second-order valence-electron chi connectivity index (χ2n) is 4.16. The van der Waals surface area contributed by atoms with E-state index in [1.807, 2.05) is 26.8 Å². The van der Waals surface area contributed by atoms with Crippen LogP contribution in [-0.4, -0.2) is 16.6 Å². The van der Waals surface area contributed by atoms with Crippen molar-refractivity contribution in [3.05, 3.63) is 17.1 Å². The average molecular weight is 234 g/mol. The predicted molar refractivity (Wildman–Crippen MR) is 65.1 cm³/mol. The number of nitrogens with two attached hydrogens (primary N) is 1. The number of hydrogen-bond acceptors (Lipinski definition) is 5. The smallest absolute Gasteiger partial charge is 0.160 e. The van der Waals surface area contributed by atoms with Gasteiger partial charge < -0.3 is 10.5 Å². The van der Waals surface area contributed by atoms with E-state index in [9.17, 15) is 0 Å². The van der Waals surface area contributed by atoms with Crippen LogP contribution in [0.5, 0.6) is 0 Å². The van der Waals surface area contributed by atoms with Gasteiger partial charge in [-0.15, -0.1) is 0 Å². The number of nitrogen functional groups attached to an aromatic ring is 1. The monoisotopic (exact) mass is 234 g/mol. The summed E-state index contributed by atoms with van der Waals surface area (Å²) in [6, 6.07) is 2.00. The summed E-state index contributed by atoms with van der Waals surface area (Å²) in [6.07, 6.45) is -0.186. The van der Waals surface area contributed by atoms with Gasteiger partial charge in [0.05, 0.1) is 5.69 Å². The summed E-state index contributed by atoms with van der Waals surface area (Å²) >= 11 is 0. The molecule has 5 heteroatoms. The van der Waals surface area contributed by atoms with Crippen molar-refractivity contribution < 1.29 is 4.74 Å². The maximum Gasteiger partial charge on any atom is 0.160 e. The van der Waals surface area contributed by atoms with Crippen LogP contribution < -0.4 is 5.73 Å². The molecule has 0 spiro atoms. The highest BCUT2D eigenvalue weighted by Crippen LogP contribution is 2.25. The molecule has 17 heavy (non-hydrogen) atoms. The third kappa shape index (κ3) is 2.92. The molecule has 0 fully saturated rings. The Morgan fingerprint density at radius 2 is 2.06 bits per heavy atom. The van der Waals surface area contributed by atoms with E-state index in [0.29, 0.717) is 23.7 Å². The van der Waals surface area contributed by atoms with Gasteiger partial charge in [-0.05, 0) is 19.8 Å². The molecule has 1 aromatic rings. The molecule has 0 aliphatic heterocycles. The molecule has 1 atom stereocenters.